The molecule has 4 nitrogen and oxygen atoms in total. The molecule has 0 atom stereocenters. The summed E-state index contributed by atoms with van der Waals surface area (Å²) in [5, 5.41) is 2.90. The average molecular weight is 371 g/mol. The molecule has 0 spiro atoms. The summed E-state index contributed by atoms with van der Waals surface area (Å²) in [6.45, 7) is 2.08. The standard InChI is InChI=1S/C24H21NO3/c1-2-28-24(27)20-13-15-21(16-14-20)25-23(26)22(19-11-7-4-8-12-19)17-18-9-5-3-6-10-18/h3-17H,2H2,1H3,(H,25,26). The molecule has 4 heteroatoms. The van der Waals surface area contributed by atoms with Gasteiger partial charge in [-0.15, -0.1) is 0 Å². The Morgan fingerprint density at radius 3 is 2.04 bits per heavy atom. The van der Waals surface area contributed by atoms with Crippen molar-refractivity contribution in [3.8, 4) is 0 Å². The summed E-state index contributed by atoms with van der Waals surface area (Å²) >= 11 is 0. The van der Waals surface area contributed by atoms with Gasteiger partial charge in [0.15, 0.2) is 0 Å². The van der Waals surface area contributed by atoms with Crippen molar-refractivity contribution in [3.05, 3.63) is 102 Å². The number of hydrogen-bond acceptors (Lipinski definition) is 3. The number of carbonyl (C=O) groups is 2. The molecule has 0 bridgehead atoms. The molecule has 0 saturated carbocycles. The monoisotopic (exact) mass is 371 g/mol. The molecule has 1 N–H and O–H groups in total. The number of esters is 1. The van der Waals surface area contributed by atoms with Crippen LogP contribution >= 0.6 is 0 Å². The Balaban J connectivity index is 1.84. The van der Waals surface area contributed by atoms with Gasteiger partial charge in [-0.3, -0.25) is 4.79 Å². The van der Waals surface area contributed by atoms with Crippen LogP contribution in [-0.2, 0) is 9.53 Å². The van der Waals surface area contributed by atoms with Gasteiger partial charge in [-0.1, -0.05) is 60.7 Å². The Hall–Kier alpha value is -3.66. The SMILES string of the molecule is CCOC(=O)c1ccc(NC(=O)C(=Cc2ccccc2)c2ccccc2)cc1. The Morgan fingerprint density at radius 2 is 1.43 bits per heavy atom. The summed E-state index contributed by atoms with van der Waals surface area (Å²) in [6.07, 6.45) is 1.86. The third-order valence-electron chi connectivity index (χ3n) is 4.09. The van der Waals surface area contributed by atoms with Crippen molar-refractivity contribution in [2.45, 2.75) is 6.92 Å². The maximum absolute atomic E-state index is 13.0. The fourth-order valence-electron chi connectivity index (χ4n) is 2.72. The molecule has 0 heterocycles. The van der Waals surface area contributed by atoms with Crippen LogP contribution in [0.15, 0.2) is 84.9 Å². The van der Waals surface area contributed by atoms with Crippen molar-refractivity contribution in [2.75, 3.05) is 11.9 Å². The zero-order valence-corrected chi connectivity index (χ0v) is 15.6. The summed E-state index contributed by atoms with van der Waals surface area (Å²) in [4.78, 5) is 24.7. The van der Waals surface area contributed by atoms with E-state index in [1.165, 1.54) is 0 Å². The maximum atomic E-state index is 13.0. The van der Waals surface area contributed by atoms with Gasteiger partial charge >= 0.3 is 5.97 Å². The predicted octanol–water partition coefficient (Wildman–Crippen LogP) is 5.04. The number of rotatable bonds is 6. The second-order valence-corrected chi connectivity index (χ2v) is 6.09. The van der Waals surface area contributed by atoms with E-state index in [1.54, 1.807) is 31.2 Å². The lowest BCUT2D eigenvalue weighted by Crippen LogP contribution is -2.14. The molecule has 0 unspecified atom stereocenters. The zero-order chi connectivity index (χ0) is 19.8. The maximum Gasteiger partial charge on any atom is 0.338 e. The van der Waals surface area contributed by atoms with Gasteiger partial charge < -0.3 is 10.1 Å². The average Bonchev–Trinajstić information content (AvgIpc) is 2.74. The fourth-order valence-corrected chi connectivity index (χ4v) is 2.72. The summed E-state index contributed by atoms with van der Waals surface area (Å²) in [5.74, 6) is -0.603. The van der Waals surface area contributed by atoms with Gasteiger partial charge in [0.05, 0.1) is 12.2 Å². The molecular weight excluding hydrogens is 350 g/mol. The molecule has 140 valence electrons. The van der Waals surface area contributed by atoms with E-state index in [0.717, 1.165) is 11.1 Å². The molecule has 3 aromatic rings. The van der Waals surface area contributed by atoms with Crippen molar-refractivity contribution in [1.82, 2.24) is 0 Å². The van der Waals surface area contributed by atoms with Crippen molar-refractivity contribution >= 4 is 29.2 Å². The third-order valence-corrected chi connectivity index (χ3v) is 4.09. The fraction of sp³-hybridized carbons (Fsp3) is 0.0833. The lowest BCUT2D eigenvalue weighted by Gasteiger charge is -2.10. The first kappa shape index (κ1) is 19.1. The van der Waals surface area contributed by atoms with E-state index in [1.807, 2.05) is 66.7 Å². The summed E-state index contributed by atoms with van der Waals surface area (Å²) < 4.78 is 4.98. The van der Waals surface area contributed by atoms with Gasteiger partial charge in [0.2, 0.25) is 0 Å². The number of ether oxygens (including phenoxy) is 1. The van der Waals surface area contributed by atoms with E-state index in [2.05, 4.69) is 5.32 Å². The number of nitrogens with one attached hydrogen (secondary N) is 1. The first-order chi connectivity index (χ1) is 13.7. The van der Waals surface area contributed by atoms with Crippen LogP contribution in [0.25, 0.3) is 11.6 Å². The topological polar surface area (TPSA) is 55.4 Å². The van der Waals surface area contributed by atoms with Crippen molar-refractivity contribution in [3.63, 3.8) is 0 Å². The number of benzene rings is 3. The van der Waals surface area contributed by atoms with Crippen LogP contribution in [0.3, 0.4) is 0 Å². The highest BCUT2D eigenvalue weighted by Gasteiger charge is 2.13. The Morgan fingerprint density at radius 1 is 0.821 bits per heavy atom. The highest BCUT2D eigenvalue weighted by Crippen LogP contribution is 2.21. The smallest absolute Gasteiger partial charge is 0.338 e. The molecule has 3 aromatic carbocycles. The lowest BCUT2D eigenvalue weighted by atomic mass is 10.0. The van der Waals surface area contributed by atoms with E-state index in [0.29, 0.717) is 23.4 Å². The van der Waals surface area contributed by atoms with E-state index in [4.69, 9.17) is 4.74 Å². The molecule has 0 aromatic heterocycles. The normalized spacial score (nSPS) is 11.0. The van der Waals surface area contributed by atoms with Crippen LogP contribution in [0.1, 0.15) is 28.4 Å². The summed E-state index contributed by atoms with van der Waals surface area (Å²) in [6, 6.07) is 25.9. The lowest BCUT2D eigenvalue weighted by molar-refractivity contribution is -0.111. The highest BCUT2D eigenvalue weighted by atomic mass is 16.5. The number of carbonyl (C=O) groups excluding carboxylic acids is 2. The number of amides is 1. The van der Waals surface area contributed by atoms with Crippen molar-refractivity contribution < 1.29 is 14.3 Å². The second-order valence-electron chi connectivity index (χ2n) is 6.09. The quantitative estimate of drug-likeness (QED) is 0.375. The van der Waals surface area contributed by atoms with Crippen molar-refractivity contribution in [2.24, 2.45) is 0 Å². The first-order valence-corrected chi connectivity index (χ1v) is 9.08. The van der Waals surface area contributed by atoms with E-state index in [9.17, 15) is 9.59 Å². The predicted molar refractivity (Wildman–Crippen MR) is 112 cm³/mol. The van der Waals surface area contributed by atoms with Crippen LogP contribution in [0.4, 0.5) is 5.69 Å². The van der Waals surface area contributed by atoms with Gasteiger partial charge in [0.1, 0.15) is 0 Å². The van der Waals surface area contributed by atoms with Gasteiger partial charge in [0.25, 0.3) is 5.91 Å². The molecule has 0 aliphatic rings. The van der Waals surface area contributed by atoms with E-state index in [-0.39, 0.29) is 11.9 Å². The number of anilines is 1. The first-order valence-electron chi connectivity index (χ1n) is 9.08. The minimum absolute atomic E-state index is 0.223. The summed E-state index contributed by atoms with van der Waals surface area (Å²) in [7, 11) is 0. The van der Waals surface area contributed by atoms with Crippen molar-refractivity contribution in [1.29, 1.82) is 0 Å². The zero-order valence-electron chi connectivity index (χ0n) is 15.6. The minimum Gasteiger partial charge on any atom is -0.462 e. The van der Waals surface area contributed by atoms with Crippen LogP contribution in [0, 0.1) is 0 Å². The highest BCUT2D eigenvalue weighted by molar-refractivity contribution is 6.29. The molecule has 0 radical (unpaired) electrons. The van der Waals surface area contributed by atoms with E-state index >= 15 is 0 Å². The molecular formula is C24H21NO3. The van der Waals surface area contributed by atoms with Crippen LogP contribution in [-0.4, -0.2) is 18.5 Å². The molecule has 0 saturated heterocycles. The summed E-state index contributed by atoms with van der Waals surface area (Å²) in [5.41, 5.74) is 3.37. The number of hydrogen-bond donors (Lipinski definition) is 1. The van der Waals surface area contributed by atoms with Crippen LogP contribution in [0.2, 0.25) is 0 Å². The van der Waals surface area contributed by atoms with Gasteiger partial charge in [-0.2, -0.15) is 0 Å². The second kappa shape index (κ2) is 9.33. The minimum atomic E-state index is -0.380. The molecule has 1 amide bonds. The molecule has 0 fully saturated rings. The van der Waals surface area contributed by atoms with Gasteiger partial charge in [-0.05, 0) is 48.4 Å². The van der Waals surface area contributed by atoms with Crippen LogP contribution in [0.5, 0.6) is 0 Å². The van der Waals surface area contributed by atoms with Gasteiger partial charge in [0, 0.05) is 11.3 Å². The molecule has 0 aliphatic carbocycles. The molecule has 28 heavy (non-hydrogen) atoms. The Kier molecular flexibility index (Phi) is 6.37. The molecule has 3 rings (SSSR count). The molecule has 0 aliphatic heterocycles. The van der Waals surface area contributed by atoms with E-state index < -0.39 is 0 Å². The Labute approximate surface area is 164 Å². The third kappa shape index (κ3) is 4.95. The largest absolute Gasteiger partial charge is 0.462 e. The van der Waals surface area contributed by atoms with Crippen LogP contribution < -0.4 is 5.32 Å². The Bertz CT molecular complexity index is 962. The van der Waals surface area contributed by atoms with Gasteiger partial charge in [-0.25, -0.2) is 4.79 Å².